The first-order valence-corrected chi connectivity index (χ1v) is 8.91. The minimum atomic E-state index is 0.479. The first-order valence-electron chi connectivity index (χ1n) is 8.91. The smallest absolute Gasteiger partial charge is 0.249 e. The lowest BCUT2D eigenvalue weighted by Crippen LogP contribution is -2.29. The molecular formula is C22H18N3+. The van der Waals surface area contributed by atoms with Crippen molar-refractivity contribution in [1.29, 1.82) is 0 Å². The summed E-state index contributed by atoms with van der Waals surface area (Å²) in [5, 5.41) is 3.90. The summed E-state index contributed by atoms with van der Waals surface area (Å²) in [4.78, 5) is 4.81. The quantitative estimate of drug-likeness (QED) is 0.321. The Morgan fingerprint density at radius 1 is 0.960 bits per heavy atom. The van der Waals surface area contributed by atoms with Gasteiger partial charge in [0.2, 0.25) is 5.52 Å². The molecule has 5 aromatic rings. The third-order valence-corrected chi connectivity index (χ3v) is 5.64. The molecule has 3 aromatic heterocycles. The van der Waals surface area contributed by atoms with Gasteiger partial charge in [0, 0.05) is 11.6 Å². The van der Waals surface area contributed by atoms with Crippen LogP contribution in [0.4, 0.5) is 0 Å². The lowest BCUT2D eigenvalue weighted by atomic mass is 9.96. The van der Waals surface area contributed by atoms with Crippen LogP contribution < -0.4 is 4.52 Å². The Kier molecular flexibility index (Phi) is 2.33. The van der Waals surface area contributed by atoms with Gasteiger partial charge >= 0.3 is 0 Å². The number of rotatable bonds is 1. The summed E-state index contributed by atoms with van der Waals surface area (Å²) in [7, 11) is 0. The van der Waals surface area contributed by atoms with E-state index in [9.17, 15) is 0 Å². The predicted octanol–water partition coefficient (Wildman–Crippen LogP) is 4.57. The van der Waals surface area contributed by atoms with Crippen molar-refractivity contribution in [3.63, 3.8) is 0 Å². The van der Waals surface area contributed by atoms with Crippen LogP contribution in [0.1, 0.15) is 30.9 Å². The van der Waals surface area contributed by atoms with Gasteiger partial charge in [0.1, 0.15) is 17.6 Å². The molecule has 25 heavy (non-hydrogen) atoms. The highest BCUT2D eigenvalue weighted by Crippen LogP contribution is 2.37. The third-order valence-electron chi connectivity index (χ3n) is 5.64. The fraction of sp³-hybridized carbons (Fsp3) is 0.182. The summed E-state index contributed by atoms with van der Waals surface area (Å²) in [6.07, 6.45) is 1.91. The van der Waals surface area contributed by atoms with Gasteiger partial charge in [0.15, 0.2) is 0 Å². The summed E-state index contributed by atoms with van der Waals surface area (Å²) in [6, 6.07) is 17.6. The van der Waals surface area contributed by atoms with E-state index >= 15 is 0 Å². The molecule has 3 nitrogen and oxygen atoms in total. The number of fused-ring (bicyclic) bond motifs is 6. The van der Waals surface area contributed by atoms with Gasteiger partial charge in [0.25, 0.3) is 5.52 Å². The van der Waals surface area contributed by atoms with Crippen LogP contribution in [0.2, 0.25) is 0 Å². The monoisotopic (exact) mass is 324 g/mol. The third kappa shape index (κ3) is 1.47. The number of para-hydroxylation sites is 1. The summed E-state index contributed by atoms with van der Waals surface area (Å²) in [6.45, 7) is 5.47. The van der Waals surface area contributed by atoms with Gasteiger partial charge in [-0.3, -0.25) is 0 Å². The van der Waals surface area contributed by atoms with Gasteiger partial charge in [-0.2, -0.15) is 0 Å². The lowest BCUT2D eigenvalue weighted by Gasteiger charge is -2.06. The number of nitrogens with zero attached hydrogens (tertiary/aromatic N) is 3. The molecule has 0 saturated heterocycles. The van der Waals surface area contributed by atoms with Crippen LogP contribution >= 0.6 is 0 Å². The molecule has 0 aliphatic carbocycles. The van der Waals surface area contributed by atoms with Gasteiger partial charge in [0.05, 0.1) is 16.3 Å². The number of hydrogen-bond donors (Lipinski definition) is 0. The molecule has 4 heterocycles. The summed E-state index contributed by atoms with van der Waals surface area (Å²) in [5.74, 6) is 0.479. The van der Waals surface area contributed by atoms with Crippen LogP contribution in [0, 0.1) is 0 Å². The summed E-state index contributed by atoms with van der Waals surface area (Å²) in [5.41, 5.74) is 7.80. The average molecular weight is 324 g/mol. The van der Waals surface area contributed by atoms with Crippen molar-refractivity contribution in [1.82, 2.24) is 9.67 Å². The van der Waals surface area contributed by atoms with Crippen molar-refractivity contribution >= 4 is 38.2 Å². The van der Waals surface area contributed by atoms with E-state index in [1.54, 1.807) is 0 Å². The zero-order valence-corrected chi connectivity index (χ0v) is 14.3. The van der Waals surface area contributed by atoms with Crippen LogP contribution in [0.25, 0.3) is 38.2 Å². The van der Waals surface area contributed by atoms with Crippen molar-refractivity contribution in [3.8, 4) is 0 Å². The van der Waals surface area contributed by atoms with Crippen LogP contribution in [-0.2, 0) is 6.54 Å². The van der Waals surface area contributed by atoms with E-state index in [1.807, 2.05) is 12.3 Å². The second-order valence-corrected chi connectivity index (χ2v) is 7.33. The van der Waals surface area contributed by atoms with Crippen LogP contribution in [0.5, 0.6) is 0 Å². The van der Waals surface area contributed by atoms with Crippen molar-refractivity contribution in [2.75, 3.05) is 0 Å². The van der Waals surface area contributed by atoms with Crippen molar-refractivity contribution in [2.24, 2.45) is 0 Å². The van der Waals surface area contributed by atoms with Gasteiger partial charge < -0.3 is 0 Å². The fourth-order valence-corrected chi connectivity index (χ4v) is 4.61. The predicted molar refractivity (Wildman–Crippen MR) is 101 cm³/mol. The lowest BCUT2D eigenvalue weighted by molar-refractivity contribution is -0.570. The number of pyridine rings is 2. The Morgan fingerprint density at radius 2 is 1.80 bits per heavy atom. The van der Waals surface area contributed by atoms with E-state index in [4.69, 9.17) is 4.98 Å². The molecule has 120 valence electrons. The molecule has 2 aromatic carbocycles. The standard InChI is InChI=1S/C22H18N3/c1-13(2)15-7-4-10-18-19(15)22-20-16(9-5-11-23-20)17-8-3-6-14-12-24(18)25(22)21(14)17/h3-11,13H,12H2,1-2H3/q+1. The topological polar surface area (TPSA) is 21.9 Å². The maximum absolute atomic E-state index is 4.81. The Hall–Kier alpha value is -2.94. The Morgan fingerprint density at radius 3 is 2.68 bits per heavy atom. The minimum absolute atomic E-state index is 0.479. The van der Waals surface area contributed by atoms with Crippen LogP contribution in [0.3, 0.4) is 0 Å². The number of benzene rings is 2. The van der Waals surface area contributed by atoms with Crippen molar-refractivity contribution < 1.29 is 4.52 Å². The van der Waals surface area contributed by atoms with Crippen molar-refractivity contribution in [2.45, 2.75) is 26.3 Å². The molecule has 1 aliphatic rings. The maximum atomic E-state index is 4.81. The fourth-order valence-electron chi connectivity index (χ4n) is 4.61. The molecule has 3 heteroatoms. The van der Waals surface area contributed by atoms with Crippen LogP contribution in [-0.4, -0.2) is 9.67 Å². The van der Waals surface area contributed by atoms with Gasteiger partial charge in [-0.15, -0.1) is 4.68 Å². The molecule has 0 amide bonds. The molecule has 0 radical (unpaired) electrons. The van der Waals surface area contributed by atoms with Crippen LogP contribution in [0.15, 0.2) is 54.7 Å². The molecule has 0 saturated carbocycles. The second kappa shape index (κ2) is 4.37. The zero-order valence-electron chi connectivity index (χ0n) is 14.3. The SMILES string of the molecule is CC(C)c1cccc2c1c1c3ncccc3c3cccc4c3[n+]1n2C4. The van der Waals surface area contributed by atoms with E-state index in [2.05, 4.69) is 65.5 Å². The molecular weight excluding hydrogens is 306 g/mol. The van der Waals surface area contributed by atoms with Crippen molar-refractivity contribution in [3.05, 3.63) is 65.9 Å². The largest absolute Gasteiger partial charge is 0.272 e. The Balaban J connectivity index is 2.06. The summed E-state index contributed by atoms with van der Waals surface area (Å²) < 4.78 is 4.83. The second-order valence-electron chi connectivity index (χ2n) is 7.33. The first kappa shape index (κ1) is 13.4. The van der Waals surface area contributed by atoms with Gasteiger partial charge in [-0.05, 0) is 29.7 Å². The molecule has 0 atom stereocenters. The van der Waals surface area contributed by atoms with E-state index < -0.39 is 0 Å². The molecule has 0 N–H and O–H groups in total. The van der Waals surface area contributed by atoms with Gasteiger partial charge in [-0.1, -0.05) is 48.7 Å². The highest BCUT2D eigenvalue weighted by Gasteiger charge is 2.34. The maximum Gasteiger partial charge on any atom is 0.272 e. The van der Waals surface area contributed by atoms with E-state index in [0.29, 0.717) is 5.92 Å². The summed E-state index contributed by atoms with van der Waals surface area (Å²) >= 11 is 0. The Bertz CT molecular complexity index is 1340. The normalized spacial score (nSPS) is 13.4. The molecule has 0 fully saturated rings. The molecule has 1 aliphatic heterocycles. The number of hydrogen-bond acceptors (Lipinski definition) is 1. The van der Waals surface area contributed by atoms with Gasteiger partial charge in [-0.25, -0.2) is 4.98 Å². The first-order chi connectivity index (χ1) is 12.3. The Labute approximate surface area is 145 Å². The van der Waals surface area contributed by atoms with E-state index in [0.717, 1.165) is 12.1 Å². The zero-order chi connectivity index (χ0) is 16.7. The van der Waals surface area contributed by atoms with E-state index in [1.165, 1.54) is 43.8 Å². The minimum Gasteiger partial charge on any atom is -0.249 e. The molecule has 0 unspecified atom stereocenters. The highest BCUT2D eigenvalue weighted by molar-refractivity contribution is 6.15. The molecule has 0 spiro atoms. The molecule has 0 bridgehead atoms. The van der Waals surface area contributed by atoms with E-state index in [-0.39, 0.29) is 0 Å². The molecule has 6 rings (SSSR count). The average Bonchev–Trinajstić information content (AvgIpc) is 3.17. The highest BCUT2D eigenvalue weighted by atomic mass is 15.4. The number of aromatic nitrogens is 3.